The SMILES string of the molecule is CCc1ccc(S(=O)(=O)Nc2ccc3oc(Cc4nc(-c5ccccc5)oc4C)cc3c2)cc1C(=O)OC. The van der Waals surface area contributed by atoms with Crippen LogP contribution < -0.4 is 4.72 Å². The number of benzene rings is 3. The number of nitrogens with one attached hydrogen (secondary N) is 1. The molecule has 0 spiro atoms. The molecule has 3 aromatic carbocycles. The molecular weight excluding hydrogens is 504 g/mol. The summed E-state index contributed by atoms with van der Waals surface area (Å²) in [6, 6.07) is 21.0. The summed E-state index contributed by atoms with van der Waals surface area (Å²) in [5.74, 6) is 1.35. The van der Waals surface area contributed by atoms with Crippen LogP contribution in [-0.4, -0.2) is 26.5 Å². The number of hydrogen-bond acceptors (Lipinski definition) is 7. The van der Waals surface area contributed by atoms with Crippen LogP contribution in [0.1, 0.15) is 40.1 Å². The normalized spacial score (nSPS) is 11.6. The van der Waals surface area contributed by atoms with Gasteiger partial charge in [-0.1, -0.05) is 31.2 Å². The molecule has 0 aliphatic heterocycles. The highest BCUT2D eigenvalue weighted by atomic mass is 32.2. The van der Waals surface area contributed by atoms with Gasteiger partial charge in [0.25, 0.3) is 10.0 Å². The molecule has 0 aliphatic rings. The molecular formula is C29H26N2O6S. The Kier molecular flexibility index (Phi) is 6.77. The quantitative estimate of drug-likeness (QED) is 0.240. The Hall–Kier alpha value is -4.37. The monoisotopic (exact) mass is 530 g/mol. The van der Waals surface area contributed by atoms with Gasteiger partial charge in [-0.2, -0.15) is 0 Å². The van der Waals surface area contributed by atoms with Crippen LogP contribution >= 0.6 is 0 Å². The minimum absolute atomic E-state index is 0.0289. The summed E-state index contributed by atoms with van der Waals surface area (Å²) in [6.07, 6.45) is 0.997. The van der Waals surface area contributed by atoms with Gasteiger partial charge in [-0.25, -0.2) is 18.2 Å². The van der Waals surface area contributed by atoms with Gasteiger partial charge >= 0.3 is 5.97 Å². The average Bonchev–Trinajstić information content (AvgIpc) is 3.50. The van der Waals surface area contributed by atoms with Crippen LogP contribution in [0.5, 0.6) is 0 Å². The molecule has 1 N–H and O–H groups in total. The molecule has 38 heavy (non-hydrogen) atoms. The van der Waals surface area contributed by atoms with Crippen LogP contribution in [0.15, 0.2) is 86.5 Å². The van der Waals surface area contributed by atoms with E-state index < -0.39 is 16.0 Å². The number of carbonyl (C=O) groups excluding carboxylic acids is 1. The molecule has 5 aromatic rings. The number of aromatic nitrogens is 1. The van der Waals surface area contributed by atoms with E-state index in [0.717, 1.165) is 16.6 Å². The minimum atomic E-state index is -3.95. The summed E-state index contributed by atoms with van der Waals surface area (Å²) in [5.41, 5.74) is 3.58. The van der Waals surface area contributed by atoms with Crippen molar-refractivity contribution in [3.05, 3.63) is 101 Å². The van der Waals surface area contributed by atoms with Crippen molar-refractivity contribution in [1.82, 2.24) is 4.98 Å². The van der Waals surface area contributed by atoms with E-state index in [0.29, 0.717) is 47.1 Å². The predicted octanol–water partition coefficient (Wildman–Crippen LogP) is 6.14. The molecule has 0 aliphatic carbocycles. The molecule has 0 radical (unpaired) electrons. The number of methoxy groups -OCH3 is 1. The number of oxazole rings is 1. The van der Waals surface area contributed by atoms with Crippen LogP contribution in [0.2, 0.25) is 0 Å². The second-order valence-corrected chi connectivity index (χ2v) is 10.5. The van der Waals surface area contributed by atoms with Crippen LogP contribution in [0, 0.1) is 6.92 Å². The summed E-state index contributed by atoms with van der Waals surface area (Å²) < 4.78 is 45.4. The maximum absolute atomic E-state index is 13.1. The number of nitrogens with zero attached hydrogens (tertiary/aromatic N) is 1. The lowest BCUT2D eigenvalue weighted by molar-refractivity contribution is 0.0599. The van der Waals surface area contributed by atoms with E-state index in [1.54, 1.807) is 24.3 Å². The summed E-state index contributed by atoms with van der Waals surface area (Å²) in [5, 5.41) is 0.737. The number of hydrogen-bond donors (Lipinski definition) is 1. The lowest BCUT2D eigenvalue weighted by Crippen LogP contribution is -2.15. The molecule has 2 heterocycles. The van der Waals surface area contributed by atoms with Crippen molar-refractivity contribution in [1.29, 1.82) is 0 Å². The number of rotatable bonds is 8. The Morgan fingerprint density at radius 2 is 1.79 bits per heavy atom. The molecule has 0 bridgehead atoms. The van der Waals surface area contributed by atoms with Crippen molar-refractivity contribution in [3.63, 3.8) is 0 Å². The van der Waals surface area contributed by atoms with Crippen molar-refractivity contribution in [3.8, 4) is 11.5 Å². The Morgan fingerprint density at radius 1 is 1.00 bits per heavy atom. The van der Waals surface area contributed by atoms with E-state index in [4.69, 9.17) is 13.6 Å². The molecule has 5 rings (SSSR count). The minimum Gasteiger partial charge on any atom is -0.465 e. The third-order valence-electron chi connectivity index (χ3n) is 6.25. The summed E-state index contributed by atoms with van der Waals surface area (Å²) in [6.45, 7) is 3.75. The molecule has 0 saturated heterocycles. The first-order valence-corrected chi connectivity index (χ1v) is 13.5. The number of furan rings is 1. The van der Waals surface area contributed by atoms with Gasteiger partial charge in [-0.3, -0.25) is 4.72 Å². The van der Waals surface area contributed by atoms with Crippen molar-refractivity contribution in [2.45, 2.75) is 31.6 Å². The Morgan fingerprint density at radius 3 is 2.53 bits per heavy atom. The third kappa shape index (κ3) is 5.05. The highest BCUT2D eigenvalue weighted by Gasteiger charge is 2.20. The number of esters is 1. The summed E-state index contributed by atoms with van der Waals surface area (Å²) in [4.78, 5) is 16.7. The zero-order chi connectivity index (χ0) is 26.9. The lowest BCUT2D eigenvalue weighted by atomic mass is 10.1. The second-order valence-electron chi connectivity index (χ2n) is 8.80. The number of anilines is 1. The van der Waals surface area contributed by atoms with E-state index in [1.165, 1.54) is 19.2 Å². The second kappa shape index (κ2) is 10.2. The molecule has 0 atom stereocenters. The van der Waals surface area contributed by atoms with Gasteiger partial charge in [-0.15, -0.1) is 0 Å². The van der Waals surface area contributed by atoms with E-state index in [2.05, 4.69) is 9.71 Å². The van der Waals surface area contributed by atoms with Crippen LogP contribution in [0.25, 0.3) is 22.4 Å². The first kappa shape index (κ1) is 25.3. The molecule has 0 saturated carbocycles. The molecule has 0 unspecified atom stereocenters. The van der Waals surface area contributed by atoms with Gasteiger partial charge in [0.2, 0.25) is 5.89 Å². The van der Waals surface area contributed by atoms with Crippen LogP contribution in [0.3, 0.4) is 0 Å². The van der Waals surface area contributed by atoms with E-state index in [9.17, 15) is 13.2 Å². The van der Waals surface area contributed by atoms with Crippen LogP contribution in [0.4, 0.5) is 5.69 Å². The Labute approximate surface area is 220 Å². The lowest BCUT2D eigenvalue weighted by Gasteiger charge is -2.11. The van der Waals surface area contributed by atoms with E-state index >= 15 is 0 Å². The largest absolute Gasteiger partial charge is 0.465 e. The number of ether oxygens (including phenoxy) is 1. The van der Waals surface area contributed by atoms with Gasteiger partial charge in [0.05, 0.1) is 29.7 Å². The maximum atomic E-state index is 13.1. The van der Waals surface area contributed by atoms with Gasteiger partial charge in [0.15, 0.2) is 0 Å². The smallest absolute Gasteiger partial charge is 0.338 e. The number of aryl methyl sites for hydroxylation is 2. The maximum Gasteiger partial charge on any atom is 0.338 e. The Balaban J connectivity index is 1.38. The Bertz CT molecular complexity index is 1740. The first-order chi connectivity index (χ1) is 18.3. The molecule has 194 valence electrons. The van der Waals surface area contributed by atoms with Crippen molar-refractivity contribution < 1.29 is 26.8 Å². The van der Waals surface area contributed by atoms with E-state index in [1.807, 2.05) is 50.2 Å². The highest BCUT2D eigenvalue weighted by molar-refractivity contribution is 7.92. The zero-order valence-electron chi connectivity index (χ0n) is 21.1. The van der Waals surface area contributed by atoms with Crippen molar-refractivity contribution in [2.75, 3.05) is 11.8 Å². The molecule has 9 heteroatoms. The van der Waals surface area contributed by atoms with Crippen molar-refractivity contribution >= 4 is 32.6 Å². The van der Waals surface area contributed by atoms with Crippen molar-refractivity contribution in [2.24, 2.45) is 0 Å². The predicted molar refractivity (Wildman–Crippen MR) is 144 cm³/mol. The van der Waals surface area contributed by atoms with Gasteiger partial charge in [0.1, 0.15) is 17.1 Å². The summed E-state index contributed by atoms with van der Waals surface area (Å²) in [7, 11) is -2.69. The fourth-order valence-electron chi connectivity index (χ4n) is 4.26. The zero-order valence-corrected chi connectivity index (χ0v) is 22.0. The number of sulfonamides is 1. The topological polar surface area (TPSA) is 112 Å². The highest BCUT2D eigenvalue weighted by Crippen LogP contribution is 2.28. The number of fused-ring (bicyclic) bond motifs is 1. The fourth-order valence-corrected chi connectivity index (χ4v) is 5.33. The standard InChI is InChI=1S/C29H26N2O6S/c1-4-19-10-12-24(17-25(19)29(32)35-3)38(33,34)31-22-11-13-27-21(14-22)15-23(37-27)16-26-18(2)36-28(30-26)20-8-6-5-7-9-20/h5-15,17,31H,4,16H2,1-3H3. The number of carbonyl (C=O) groups is 1. The first-order valence-electron chi connectivity index (χ1n) is 12.1. The van der Waals surface area contributed by atoms with Gasteiger partial charge in [0, 0.05) is 16.6 Å². The third-order valence-corrected chi connectivity index (χ3v) is 7.63. The van der Waals surface area contributed by atoms with E-state index in [-0.39, 0.29) is 10.5 Å². The van der Waals surface area contributed by atoms with Gasteiger partial charge in [-0.05, 0) is 67.4 Å². The molecule has 2 aromatic heterocycles. The molecule has 8 nitrogen and oxygen atoms in total. The van der Waals surface area contributed by atoms with Crippen LogP contribution in [-0.2, 0) is 27.6 Å². The van der Waals surface area contributed by atoms with Gasteiger partial charge < -0.3 is 13.6 Å². The average molecular weight is 531 g/mol. The fraction of sp³-hybridized carbons (Fsp3) is 0.172. The molecule has 0 fully saturated rings. The summed E-state index contributed by atoms with van der Waals surface area (Å²) >= 11 is 0. The molecule has 0 amide bonds.